The van der Waals surface area contributed by atoms with Crippen LogP contribution >= 0.6 is 0 Å². The molecule has 1 fully saturated rings. The van der Waals surface area contributed by atoms with Gasteiger partial charge in [0.2, 0.25) is 0 Å². The second-order valence-electron chi connectivity index (χ2n) is 15.1. The fourth-order valence-electron chi connectivity index (χ4n) is 9.97. The van der Waals surface area contributed by atoms with E-state index >= 15 is 0 Å². The van der Waals surface area contributed by atoms with Crippen LogP contribution in [0.1, 0.15) is 135 Å². The maximum atomic E-state index is 2.74. The molecule has 232 valence electrons. The molecule has 3 aliphatic carbocycles. The van der Waals surface area contributed by atoms with Crippen molar-refractivity contribution in [1.82, 2.24) is 0 Å². The minimum atomic E-state index is 0.437. The normalized spacial score (nSPS) is 25.1. The maximum Gasteiger partial charge on any atom is 0.00926 e. The fourth-order valence-corrected chi connectivity index (χ4v) is 9.97. The van der Waals surface area contributed by atoms with E-state index in [-0.39, 0.29) is 0 Å². The maximum absolute atomic E-state index is 2.74. The number of rotatable bonds is 3. The van der Waals surface area contributed by atoms with Gasteiger partial charge in [-0.3, -0.25) is 0 Å². The van der Waals surface area contributed by atoms with E-state index in [1.165, 1.54) is 81.3 Å². The number of hydrogen-bond acceptors (Lipinski definition) is 0. The molecule has 0 aliphatic heterocycles. The lowest BCUT2D eigenvalue weighted by Gasteiger charge is -2.46. The first kappa shape index (κ1) is 31.1. The molecule has 3 aromatic carbocycles. The largest absolute Gasteiger partial charge is 0.0729 e. The van der Waals surface area contributed by atoms with Crippen LogP contribution in [-0.2, 0) is 6.42 Å². The van der Waals surface area contributed by atoms with Gasteiger partial charge in [0, 0.05) is 11.8 Å². The Morgan fingerprint density at radius 2 is 1.07 bits per heavy atom. The third-order valence-electron chi connectivity index (χ3n) is 13.4. The zero-order chi connectivity index (χ0) is 31.8. The minimum absolute atomic E-state index is 0.437. The molecule has 0 bridgehead atoms. The molecule has 3 aromatic rings. The highest BCUT2D eigenvalue weighted by atomic mass is 14.5. The summed E-state index contributed by atoms with van der Waals surface area (Å²) in [6.45, 7) is 28.9. The monoisotopic (exact) mass is 584 g/mol. The lowest BCUT2D eigenvalue weighted by molar-refractivity contribution is 0.350. The van der Waals surface area contributed by atoms with Crippen LogP contribution in [0.15, 0.2) is 47.1 Å². The van der Waals surface area contributed by atoms with E-state index in [0.717, 1.165) is 6.42 Å². The van der Waals surface area contributed by atoms with Gasteiger partial charge in [-0.1, -0.05) is 49.8 Å². The van der Waals surface area contributed by atoms with Crippen molar-refractivity contribution in [1.29, 1.82) is 0 Å². The van der Waals surface area contributed by atoms with E-state index in [1.54, 1.807) is 39.0 Å². The smallest absolute Gasteiger partial charge is 0.00926 e. The Bertz CT molecular complexity index is 1660. The van der Waals surface area contributed by atoms with Crippen molar-refractivity contribution < 1.29 is 0 Å². The minimum Gasteiger partial charge on any atom is -0.0729 e. The summed E-state index contributed by atoms with van der Waals surface area (Å²) in [5.41, 5.74) is 26.6. The number of fused-ring (bicyclic) bond motifs is 2. The van der Waals surface area contributed by atoms with Crippen LogP contribution in [-0.4, -0.2) is 0 Å². The molecule has 0 N–H and O–H groups in total. The zero-order valence-corrected chi connectivity index (χ0v) is 29.8. The summed E-state index contributed by atoms with van der Waals surface area (Å²) in [5, 5.41) is 0. The molecular weight excluding hydrogens is 528 g/mol. The molecule has 0 spiro atoms. The van der Waals surface area contributed by atoms with Crippen molar-refractivity contribution in [2.24, 2.45) is 11.8 Å². The van der Waals surface area contributed by atoms with Gasteiger partial charge in [0.15, 0.2) is 0 Å². The first-order chi connectivity index (χ1) is 20.9. The van der Waals surface area contributed by atoms with E-state index < -0.39 is 0 Å². The topological polar surface area (TPSA) is 0 Å². The van der Waals surface area contributed by atoms with Crippen LogP contribution in [0.2, 0.25) is 0 Å². The average Bonchev–Trinajstić information content (AvgIpc) is 3.02. The summed E-state index contributed by atoms with van der Waals surface area (Å²) in [6.07, 6.45) is 9.03. The lowest BCUT2D eigenvalue weighted by atomic mass is 9.57. The van der Waals surface area contributed by atoms with Crippen molar-refractivity contribution in [3.05, 3.63) is 125 Å². The molecule has 0 amide bonds. The molecule has 5 atom stereocenters. The van der Waals surface area contributed by atoms with E-state index in [9.17, 15) is 0 Å². The highest BCUT2D eigenvalue weighted by Gasteiger charge is 2.43. The molecule has 0 radical (unpaired) electrons. The van der Waals surface area contributed by atoms with Crippen LogP contribution in [0.4, 0.5) is 0 Å². The Morgan fingerprint density at radius 3 is 1.66 bits per heavy atom. The third-order valence-corrected chi connectivity index (χ3v) is 13.4. The van der Waals surface area contributed by atoms with Gasteiger partial charge in [-0.05, 0) is 208 Å². The summed E-state index contributed by atoms with van der Waals surface area (Å²) in [7, 11) is 0. The predicted octanol–water partition coefficient (Wildman–Crippen LogP) is 12.1. The number of hydrogen-bond donors (Lipinski definition) is 0. The van der Waals surface area contributed by atoms with Crippen molar-refractivity contribution in [2.45, 2.75) is 133 Å². The molecule has 0 aromatic heterocycles. The number of benzene rings is 3. The van der Waals surface area contributed by atoms with Gasteiger partial charge >= 0.3 is 0 Å². The van der Waals surface area contributed by atoms with Crippen LogP contribution in [0.5, 0.6) is 0 Å². The molecule has 6 rings (SSSR count). The van der Waals surface area contributed by atoms with Crippen LogP contribution in [0, 0.1) is 81.1 Å². The van der Waals surface area contributed by atoms with E-state index in [0.29, 0.717) is 29.6 Å². The van der Waals surface area contributed by atoms with E-state index in [4.69, 9.17) is 0 Å². The molecule has 3 unspecified atom stereocenters. The highest BCUT2D eigenvalue weighted by Crippen LogP contribution is 2.57. The second kappa shape index (κ2) is 11.5. The Balaban J connectivity index is 1.58. The Hall–Kier alpha value is -2.86. The quantitative estimate of drug-likeness (QED) is 0.287. The molecule has 0 saturated heterocycles. The van der Waals surface area contributed by atoms with Crippen molar-refractivity contribution in [2.75, 3.05) is 0 Å². The lowest BCUT2D eigenvalue weighted by Crippen LogP contribution is -2.34. The SMILES string of the molecule is Cc1c(C)c(C)c(C2C=C3CCCCC3=C([C@@H]3c4ccccc4C[C@H](c4c(C)c(C)c(C)c(C)c4C)C3C)C2C)c(C)c1C. The molecule has 3 aliphatic rings. The van der Waals surface area contributed by atoms with Crippen molar-refractivity contribution in [3.8, 4) is 0 Å². The Morgan fingerprint density at radius 1 is 0.568 bits per heavy atom. The summed E-state index contributed by atoms with van der Waals surface area (Å²) in [4.78, 5) is 0. The Labute approximate surface area is 269 Å². The molecule has 0 heteroatoms. The van der Waals surface area contributed by atoms with Gasteiger partial charge in [-0.15, -0.1) is 0 Å². The average molecular weight is 585 g/mol. The van der Waals surface area contributed by atoms with Gasteiger partial charge in [0.1, 0.15) is 0 Å². The zero-order valence-electron chi connectivity index (χ0n) is 29.8. The highest BCUT2D eigenvalue weighted by molar-refractivity contribution is 5.59. The fraction of sp³-hybridized carbons (Fsp3) is 0.500. The predicted molar refractivity (Wildman–Crippen MR) is 191 cm³/mol. The van der Waals surface area contributed by atoms with Gasteiger partial charge in [-0.25, -0.2) is 0 Å². The second-order valence-corrected chi connectivity index (χ2v) is 15.1. The van der Waals surface area contributed by atoms with Gasteiger partial charge < -0.3 is 0 Å². The van der Waals surface area contributed by atoms with Crippen LogP contribution in [0.25, 0.3) is 0 Å². The van der Waals surface area contributed by atoms with Gasteiger partial charge in [-0.2, -0.15) is 0 Å². The molecule has 44 heavy (non-hydrogen) atoms. The van der Waals surface area contributed by atoms with Crippen molar-refractivity contribution >= 4 is 0 Å². The van der Waals surface area contributed by atoms with Crippen molar-refractivity contribution in [3.63, 3.8) is 0 Å². The summed E-state index contributed by atoms with van der Waals surface area (Å²) in [6, 6.07) is 9.54. The standard InChI is InChI=1S/C44H56/c1-23-25(3)29(7)41(30(8)26(23)4)39-21-35-17-13-15-19-37(35)43(33(39)11)44-34(12)40(22-36-18-14-16-20-38(36)44)42-31(9)27(5)24(2)28(6)32(42)10/h13,15,17,19,22,33-34,39-40,43H,14,16,18,20-21H2,1-12H3/t33?,34?,39-,40?,43-/m0/s1. The van der Waals surface area contributed by atoms with Crippen LogP contribution in [0.3, 0.4) is 0 Å². The summed E-state index contributed by atoms with van der Waals surface area (Å²) >= 11 is 0. The first-order valence-corrected chi connectivity index (χ1v) is 17.5. The summed E-state index contributed by atoms with van der Waals surface area (Å²) in [5.74, 6) is 2.44. The van der Waals surface area contributed by atoms with E-state index in [1.807, 2.05) is 0 Å². The molecule has 0 heterocycles. The van der Waals surface area contributed by atoms with Crippen LogP contribution < -0.4 is 0 Å². The van der Waals surface area contributed by atoms with Gasteiger partial charge in [0.05, 0.1) is 0 Å². The molecule has 1 saturated carbocycles. The van der Waals surface area contributed by atoms with Gasteiger partial charge in [0.25, 0.3) is 0 Å². The molecular formula is C44H56. The summed E-state index contributed by atoms with van der Waals surface area (Å²) < 4.78 is 0. The molecule has 0 nitrogen and oxygen atoms in total. The number of allylic oxidation sites excluding steroid dienone is 4. The third kappa shape index (κ3) is 4.61. The first-order valence-electron chi connectivity index (χ1n) is 17.5. The van der Waals surface area contributed by atoms with E-state index in [2.05, 4.69) is 113 Å². The Kier molecular flexibility index (Phi) is 8.13.